The molecule has 0 aliphatic rings. The topological polar surface area (TPSA) is 82.3 Å². The molecule has 0 fully saturated rings. The molecular formula is C76H71N7. The van der Waals surface area contributed by atoms with Crippen LogP contribution in [-0.2, 0) is 21.7 Å². The van der Waals surface area contributed by atoms with Gasteiger partial charge in [0.25, 0.3) is 0 Å². The number of aromatic nitrogens is 7. The van der Waals surface area contributed by atoms with E-state index in [9.17, 15) is 0 Å². The van der Waals surface area contributed by atoms with Crippen molar-refractivity contribution in [3.63, 3.8) is 0 Å². The van der Waals surface area contributed by atoms with Crippen molar-refractivity contribution in [2.24, 2.45) is 0 Å². The summed E-state index contributed by atoms with van der Waals surface area (Å²) in [6.07, 6.45) is 0. The predicted octanol–water partition coefficient (Wildman–Crippen LogP) is 19.7. The molecule has 0 saturated carbocycles. The van der Waals surface area contributed by atoms with E-state index >= 15 is 0 Å². The summed E-state index contributed by atoms with van der Waals surface area (Å²) in [6, 6.07) is 75.6. The first-order valence-electron chi connectivity index (χ1n) is 28.9. The van der Waals surface area contributed by atoms with E-state index in [1.54, 1.807) is 0 Å². The SMILES string of the molecule is CC(C)(C)c1cc(-c2nc(-c3cc(C(C)(C)C)cc(C(C)(C)C)c3)nc(-c3ccc(-n4c5ccc(-c6ccccc6)cc5c5cc(-c6ccccc6)ccc54)c(-c4nc(-c5ccccc5)nc(-c5ccccc5)n4)c3)n2)cc(C(C)(C)C)c1. The lowest BCUT2D eigenvalue weighted by molar-refractivity contribution is 0.568. The van der Waals surface area contributed by atoms with Gasteiger partial charge < -0.3 is 4.57 Å². The van der Waals surface area contributed by atoms with Crippen molar-refractivity contribution in [1.82, 2.24) is 34.5 Å². The van der Waals surface area contributed by atoms with Crippen LogP contribution in [0.2, 0.25) is 0 Å². The molecule has 7 heteroatoms. The number of benzene rings is 9. The van der Waals surface area contributed by atoms with Gasteiger partial charge in [-0.05, 0) is 133 Å². The quantitative estimate of drug-likeness (QED) is 0.143. The number of rotatable bonds is 9. The summed E-state index contributed by atoms with van der Waals surface area (Å²) in [4.78, 5) is 32.6. The van der Waals surface area contributed by atoms with E-state index in [2.05, 4.69) is 264 Å². The zero-order valence-corrected chi connectivity index (χ0v) is 49.8. The molecule has 12 aromatic rings. The highest BCUT2D eigenvalue weighted by Gasteiger charge is 2.27. The van der Waals surface area contributed by atoms with Crippen molar-refractivity contribution >= 4 is 21.8 Å². The van der Waals surface area contributed by atoms with E-state index in [-0.39, 0.29) is 21.7 Å². The lowest BCUT2D eigenvalue weighted by Gasteiger charge is -2.26. The summed E-state index contributed by atoms with van der Waals surface area (Å²) in [6.45, 7) is 27.3. The average Bonchev–Trinajstić information content (AvgIpc) is 2.84. The lowest BCUT2D eigenvalue weighted by Crippen LogP contribution is -2.17. The highest BCUT2D eigenvalue weighted by atomic mass is 15.1. The van der Waals surface area contributed by atoms with Crippen molar-refractivity contribution in [2.75, 3.05) is 0 Å². The van der Waals surface area contributed by atoms with Crippen LogP contribution in [0.5, 0.6) is 0 Å². The molecule has 12 rings (SSSR count). The zero-order chi connectivity index (χ0) is 58.0. The standard InChI is InChI=1S/C76H71N7/c1-73(2,3)57-39-55(40-58(46-57)74(4,5)6)70-78-69(79-71(80-70)56-41-59(75(7,8)9)47-60(42-56)76(10,11)12)54-35-38-66(63(45-54)72-81-67(50-29-21-15-22-30-50)77-68(82-72)51-31-23-16-24-32-51)83-64-36-33-52(48-25-17-13-18-26-48)43-61(64)62-44-53(34-37-65(62)83)49-27-19-14-20-28-49/h13-47H,1-12H3. The van der Waals surface area contributed by atoms with Crippen LogP contribution in [0.4, 0.5) is 0 Å². The Bertz CT molecular complexity index is 4070. The first-order valence-corrected chi connectivity index (χ1v) is 28.9. The maximum Gasteiger partial charge on any atom is 0.166 e. The second-order valence-corrected chi connectivity index (χ2v) is 26.2. The smallest absolute Gasteiger partial charge is 0.166 e. The molecule has 3 aromatic heterocycles. The van der Waals surface area contributed by atoms with Crippen molar-refractivity contribution in [1.29, 1.82) is 0 Å². The molecule has 0 aliphatic carbocycles. The third-order valence-corrected chi connectivity index (χ3v) is 15.9. The Balaban J connectivity index is 1.17. The third-order valence-electron chi connectivity index (χ3n) is 15.9. The second-order valence-electron chi connectivity index (χ2n) is 26.2. The van der Waals surface area contributed by atoms with Crippen molar-refractivity contribution in [3.05, 3.63) is 235 Å². The van der Waals surface area contributed by atoms with Gasteiger partial charge in [-0.1, -0.05) is 229 Å². The Hall–Kier alpha value is -9.20. The molecule has 0 aliphatic heterocycles. The van der Waals surface area contributed by atoms with Crippen molar-refractivity contribution in [3.8, 4) is 96.3 Å². The summed E-state index contributed by atoms with van der Waals surface area (Å²) in [7, 11) is 0. The number of nitrogens with zero attached hydrogens (tertiary/aromatic N) is 7. The third kappa shape index (κ3) is 11.0. The summed E-state index contributed by atoms with van der Waals surface area (Å²) in [5, 5.41) is 2.26. The van der Waals surface area contributed by atoms with Crippen LogP contribution >= 0.6 is 0 Å². The van der Waals surface area contributed by atoms with Gasteiger partial charge in [-0.3, -0.25) is 0 Å². The van der Waals surface area contributed by atoms with Crippen LogP contribution in [0.3, 0.4) is 0 Å². The van der Waals surface area contributed by atoms with Gasteiger partial charge in [-0.25, -0.2) is 29.9 Å². The molecule has 0 amide bonds. The van der Waals surface area contributed by atoms with Gasteiger partial charge in [0.1, 0.15) is 0 Å². The molecule has 3 heterocycles. The van der Waals surface area contributed by atoms with Crippen molar-refractivity contribution in [2.45, 2.75) is 105 Å². The van der Waals surface area contributed by atoms with E-state index in [1.807, 2.05) is 36.4 Å². The Labute approximate surface area is 489 Å². The Morgan fingerprint density at radius 1 is 0.241 bits per heavy atom. The largest absolute Gasteiger partial charge is 0.308 e. The summed E-state index contributed by atoms with van der Waals surface area (Å²) < 4.78 is 2.38. The van der Waals surface area contributed by atoms with Gasteiger partial charge in [-0.2, -0.15) is 0 Å². The van der Waals surface area contributed by atoms with E-state index in [0.29, 0.717) is 34.9 Å². The molecule has 0 spiro atoms. The van der Waals surface area contributed by atoms with Crippen LogP contribution in [0.1, 0.15) is 105 Å². The number of fused-ring (bicyclic) bond motifs is 3. The maximum atomic E-state index is 5.54. The number of hydrogen-bond acceptors (Lipinski definition) is 6. The van der Waals surface area contributed by atoms with Gasteiger partial charge in [0, 0.05) is 44.2 Å². The van der Waals surface area contributed by atoms with Gasteiger partial charge in [0.05, 0.1) is 16.7 Å². The van der Waals surface area contributed by atoms with Crippen LogP contribution in [0, 0.1) is 0 Å². The molecule has 410 valence electrons. The molecule has 7 nitrogen and oxygen atoms in total. The molecule has 0 N–H and O–H groups in total. The Morgan fingerprint density at radius 2 is 0.542 bits per heavy atom. The predicted molar refractivity (Wildman–Crippen MR) is 346 cm³/mol. The van der Waals surface area contributed by atoms with E-state index in [1.165, 1.54) is 22.3 Å². The maximum absolute atomic E-state index is 5.54. The molecule has 0 unspecified atom stereocenters. The molecule has 9 aromatic carbocycles. The zero-order valence-electron chi connectivity index (χ0n) is 49.8. The molecule has 0 saturated heterocycles. The second kappa shape index (κ2) is 21.0. The fourth-order valence-electron chi connectivity index (χ4n) is 10.9. The van der Waals surface area contributed by atoms with Gasteiger partial charge in [0.2, 0.25) is 0 Å². The van der Waals surface area contributed by atoms with Gasteiger partial charge >= 0.3 is 0 Å². The minimum absolute atomic E-state index is 0.136. The minimum atomic E-state index is -0.136. The summed E-state index contributed by atoms with van der Waals surface area (Å²) in [5.41, 5.74) is 17.2. The first-order chi connectivity index (χ1) is 39.6. The fraction of sp³-hybridized carbons (Fsp3) is 0.211. The molecule has 0 atom stereocenters. The monoisotopic (exact) mass is 1080 g/mol. The molecule has 83 heavy (non-hydrogen) atoms. The highest BCUT2D eigenvalue weighted by molar-refractivity contribution is 6.12. The first kappa shape index (κ1) is 54.4. The van der Waals surface area contributed by atoms with Crippen molar-refractivity contribution < 1.29 is 0 Å². The number of hydrogen-bond donors (Lipinski definition) is 0. The minimum Gasteiger partial charge on any atom is -0.308 e. The average molecular weight is 1080 g/mol. The summed E-state index contributed by atoms with van der Waals surface area (Å²) >= 11 is 0. The molecule has 0 radical (unpaired) electrons. The molecular weight excluding hydrogens is 1010 g/mol. The Morgan fingerprint density at radius 3 is 0.892 bits per heavy atom. The van der Waals surface area contributed by atoms with Crippen LogP contribution in [-0.4, -0.2) is 34.5 Å². The lowest BCUT2D eigenvalue weighted by atomic mass is 9.79. The van der Waals surface area contributed by atoms with Crippen LogP contribution in [0.15, 0.2) is 212 Å². The van der Waals surface area contributed by atoms with Crippen LogP contribution in [0.25, 0.3) is 118 Å². The van der Waals surface area contributed by atoms with E-state index in [0.717, 1.165) is 83.1 Å². The van der Waals surface area contributed by atoms with E-state index < -0.39 is 0 Å². The van der Waals surface area contributed by atoms with Gasteiger partial charge in [-0.15, -0.1) is 0 Å². The Kier molecular flexibility index (Phi) is 13.7. The van der Waals surface area contributed by atoms with E-state index in [4.69, 9.17) is 29.9 Å². The molecule has 0 bridgehead atoms. The summed E-state index contributed by atoms with van der Waals surface area (Å²) in [5.74, 6) is 3.40. The highest BCUT2D eigenvalue weighted by Crippen LogP contribution is 2.43. The fourth-order valence-corrected chi connectivity index (χ4v) is 10.9. The van der Waals surface area contributed by atoms with Crippen LogP contribution < -0.4 is 0 Å². The van der Waals surface area contributed by atoms with Gasteiger partial charge in [0.15, 0.2) is 34.9 Å². The normalized spacial score (nSPS) is 12.3.